The number of nitrogens with one attached hydrogen (secondary N) is 3. The van der Waals surface area contributed by atoms with Crippen molar-refractivity contribution in [3.63, 3.8) is 0 Å². The van der Waals surface area contributed by atoms with E-state index in [4.69, 9.17) is 4.98 Å². The Morgan fingerprint density at radius 3 is 2.88 bits per heavy atom. The van der Waals surface area contributed by atoms with Crippen molar-refractivity contribution in [2.45, 2.75) is 38.3 Å². The van der Waals surface area contributed by atoms with Crippen LogP contribution in [0.2, 0.25) is 0 Å². The van der Waals surface area contributed by atoms with E-state index in [1.54, 1.807) is 0 Å². The number of rotatable bonds is 3. The van der Waals surface area contributed by atoms with E-state index in [1.165, 1.54) is 0 Å². The molecule has 1 aromatic carbocycles. The molecule has 2 aliphatic rings. The third kappa shape index (κ3) is 2.28. The van der Waals surface area contributed by atoms with Gasteiger partial charge in [-0.05, 0) is 32.8 Å². The maximum Gasteiger partial charge on any atom is 0.253 e. The van der Waals surface area contributed by atoms with Gasteiger partial charge in [0.1, 0.15) is 0 Å². The van der Waals surface area contributed by atoms with Crippen LogP contribution < -0.4 is 10.6 Å². The highest BCUT2D eigenvalue weighted by Crippen LogP contribution is 2.38. The normalized spacial score (nSPS) is 20.4. The number of benzene rings is 1. The Morgan fingerprint density at radius 2 is 2.12 bits per heavy atom. The first-order chi connectivity index (χ1) is 12.0. The number of hydrogen-bond donors (Lipinski definition) is 3. The number of aromatic nitrogens is 3. The lowest BCUT2D eigenvalue weighted by molar-refractivity contribution is 0.0958. The van der Waals surface area contributed by atoms with Crippen LogP contribution in [0.15, 0.2) is 30.5 Å². The van der Waals surface area contributed by atoms with Crippen molar-refractivity contribution in [2.75, 3.05) is 5.32 Å². The Bertz CT molecular complexity index is 1020. The predicted octanol–water partition coefficient (Wildman–Crippen LogP) is 3.39. The number of H-pyrrole nitrogens is 1. The van der Waals surface area contributed by atoms with Gasteiger partial charge in [0.15, 0.2) is 0 Å². The zero-order valence-electron chi connectivity index (χ0n) is 14.2. The summed E-state index contributed by atoms with van der Waals surface area (Å²) < 4.78 is 0. The standard InChI is InChI=1S/C19H19N5O/c1-10-15-13(17(25)21-10)8-14(22-15)12-5-3-4-11-9-20-18(23-16(11)12)24-19(2)6-7-19/h3-5,8-10,22H,6-7H2,1-2H3,(H,21,25)(H,20,23,24). The van der Waals surface area contributed by atoms with E-state index in [-0.39, 0.29) is 17.5 Å². The van der Waals surface area contributed by atoms with Gasteiger partial charge in [0.2, 0.25) is 5.95 Å². The van der Waals surface area contributed by atoms with Gasteiger partial charge < -0.3 is 15.6 Å². The Morgan fingerprint density at radius 1 is 1.28 bits per heavy atom. The van der Waals surface area contributed by atoms with Crippen LogP contribution in [0.25, 0.3) is 22.2 Å². The average Bonchev–Trinajstić information content (AvgIpc) is 3.05. The molecular weight excluding hydrogens is 314 g/mol. The summed E-state index contributed by atoms with van der Waals surface area (Å²) in [6.45, 7) is 4.16. The van der Waals surface area contributed by atoms with E-state index < -0.39 is 0 Å². The van der Waals surface area contributed by atoms with Crippen molar-refractivity contribution >= 4 is 22.8 Å². The average molecular weight is 333 g/mol. The zero-order chi connectivity index (χ0) is 17.2. The van der Waals surface area contributed by atoms with Crippen LogP contribution in [0.4, 0.5) is 5.95 Å². The molecule has 1 aliphatic carbocycles. The summed E-state index contributed by atoms with van der Waals surface area (Å²) in [4.78, 5) is 24.6. The van der Waals surface area contributed by atoms with Crippen molar-refractivity contribution in [2.24, 2.45) is 0 Å². The molecule has 6 heteroatoms. The number of nitrogens with zero attached hydrogens (tertiary/aromatic N) is 2. The molecule has 3 aromatic rings. The summed E-state index contributed by atoms with van der Waals surface area (Å²) in [6.07, 6.45) is 4.14. The van der Waals surface area contributed by atoms with Gasteiger partial charge in [0.25, 0.3) is 5.91 Å². The van der Waals surface area contributed by atoms with E-state index in [0.717, 1.165) is 46.3 Å². The van der Waals surface area contributed by atoms with Gasteiger partial charge in [-0.1, -0.05) is 18.2 Å². The molecule has 0 radical (unpaired) electrons. The van der Waals surface area contributed by atoms with Gasteiger partial charge in [0, 0.05) is 28.4 Å². The minimum absolute atomic E-state index is 0.00731. The molecule has 6 nitrogen and oxygen atoms in total. The predicted molar refractivity (Wildman–Crippen MR) is 96.5 cm³/mol. The lowest BCUT2D eigenvalue weighted by atomic mass is 10.1. The largest absolute Gasteiger partial charge is 0.356 e. The molecule has 3 N–H and O–H groups in total. The minimum atomic E-state index is -0.0242. The van der Waals surface area contributed by atoms with Crippen LogP contribution >= 0.6 is 0 Å². The molecule has 3 heterocycles. The molecule has 0 spiro atoms. The van der Waals surface area contributed by atoms with Crippen LogP contribution in [0.5, 0.6) is 0 Å². The molecular formula is C19H19N5O. The quantitative estimate of drug-likeness (QED) is 0.686. The summed E-state index contributed by atoms with van der Waals surface area (Å²) in [7, 11) is 0. The fourth-order valence-electron chi connectivity index (χ4n) is 3.41. The van der Waals surface area contributed by atoms with Crippen molar-refractivity contribution in [3.05, 3.63) is 41.7 Å². The molecule has 1 saturated carbocycles. The van der Waals surface area contributed by atoms with E-state index in [0.29, 0.717) is 5.95 Å². The maximum absolute atomic E-state index is 12.0. The highest BCUT2D eigenvalue weighted by atomic mass is 16.2. The van der Waals surface area contributed by atoms with Gasteiger partial charge in [-0.15, -0.1) is 0 Å². The molecule has 5 rings (SSSR count). The van der Waals surface area contributed by atoms with E-state index >= 15 is 0 Å². The van der Waals surface area contributed by atoms with E-state index in [2.05, 4.69) is 27.5 Å². The third-order valence-corrected chi connectivity index (χ3v) is 5.19. The number of anilines is 1. The molecule has 1 aliphatic heterocycles. The lowest BCUT2D eigenvalue weighted by Crippen LogP contribution is -2.18. The van der Waals surface area contributed by atoms with E-state index in [9.17, 15) is 4.79 Å². The fourth-order valence-corrected chi connectivity index (χ4v) is 3.41. The second kappa shape index (κ2) is 4.81. The summed E-state index contributed by atoms with van der Waals surface area (Å²) in [5.41, 5.74) is 4.58. The Hall–Kier alpha value is -2.89. The third-order valence-electron chi connectivity index (χ3n) is 5.19. The molecule has 0 bridgehead atoms. The Balaban J connectivity index is 1.63. The summed E-state index contributed by atoms with van der Waals surface area (Å²) in [5, 5.41) is 7.32. The van der Waals surface area contributed by atoms with Crippen molar-refractivity contribution in [1.82, 2.24) is 20.3 Å². The second-order valence-corrected chi connectivity index (χ2v) is 7.33. The number of carbonyl (C=O) groups is 1. The first-order valence-corrected chi connectivity index (χ1v) is 8.60. The first-order valence-electron chi connectivity index (χ1n) is 8.60. The van der Waals surface area contributed by atoms with Crippen molar-refractivity contribution in [1.29, 1.82) is 0 Å². The lowest BCUT2D eigenvalue weighted by Gasteiger charge is -2.12. The monoisotopic (exact) mass is 333 g/mol. The van der Waals surface area contributed by atoms with Crippen molar-refractivity contribution < 1.29 is 4.79 Å². The number of para-hydroxylation sites is 1. The van der Waals surface area contributed by atoms with Gasteiger partial charge in [-0.2, -0.15) is 0 Å². The van der Waals surface area contributed by atoms with Crippen LogP contribution in [-0.4, -0.2) is 26.4 Å². The molecule has 1 amide bonds. The number of amides is 1. The summed E-state index contributed by atoms with van der Waals surface area (Å²) in [6, 6.07) is 7.95. The van der Waals surface area contributed by atoms with Crippen molar-refractivity contribution in [3.8, 4) is 11.3 Å². The van der Waals surface area contributed by atoms with Gasteiger partial charge in [-0.3, -0.25) is 4.79 Å². The smallest absolute Gasteiger partial charge is 0.253 e. The zero-order valence-corrected chi connectivity index (χ0v) is 14.2. The summed E-state index contributed by atoms with van der Waals surface area (Å²) >= 11 is 0. The van der Waals surface area contributed by atoms with Gasteiger partial charge >= 0.3 is 0 Å². The topological polar surface area (TPSA) is 82.7 Å². The number of fused-ring (bicyclic) bond motifs is 2. The molecule has 1 fully saturated rings. The minimum Gasteiger partial charge on any atom is -0.356 e. The molecule has 0 saturated heterocycles. The van der Waals surface area contributed by atoms with E-state index in [1.807, 2.05) is 37.4 Å². The highest BCUT2D eigenvalue weighted by Gasteiger charge is 2.37. The van der Waals surface area contributed by atoms with Gasteiger partial charge in [-0.25, -0.2) is 9.97 Å². The van der Waals surface area contributed by atoms with Crippen LogP contribution in [-0.2, 0) is 0 Å². The van der Waals surface area contributed by atoms with Gasteiger partial charge in [0.05, 0.1) is 22.8 Å². The van der Waals surface area contributed by atoms with Crippen LogP contribution in [0.1, 0.15) is 48.8 Å². The number of carbonyl (C=O) groups excluding carboxylic acids is 1. The van der Waals surface area contributed by atoms with Crippen LogP contribution in [0, 0.1) is 0 Å². The number of hydrogen-bond acceptors (Lipinski definition) is 4. The second-order valence-electron chi connectivity index (χ2n) is 7.33. The Labute approximate surface area is 145 Å². The molecule has 2 aromatic heterocycles. The fraction of sp³-hybridized carbons (Fsp3) is 0.316. The Kier molecular flexibility index (Phi) is 2.78. The molecule has 126 valence electrons. The first kappa shape index (κ1) is 14.5. The SMILES string of the molecule is CC1NC(=O)c2cc(-c3cccc4cnc(NC5(C)CC5)nc34)[nH]c21. The highest BCUT2D eigenvalue weighted by molar-refractivity contribution is 6.01. The molecule has 25 heavy (non-hydrogen) atoms. The molecule has 1 unspecified atom stereocenters. The number of aromatic amines is 1. The van der Waals surface area contributed by atoms with Crippen LogP contribution in [0.3, 0.4) is 0 Å². The maximum atomic E-state index is 12.0. The molecule has 1 atom stereocenters. The summed E-state index contributed by atoms with van der Waals surface area (Å²) in [5.74, 6) is 0.633.